The summed E-state index contributed by atoms with van der Waals surface area (Å²) < 4.78 is 743. The Bertz CT molecular complexity index is 7890. The molecule has 0 radical (unpaired) electrons. The molecule has 0 spiro atoms. The van der Waals surface area contributed by atoms with Gasteiger partial charge in [-0.05, 0) is 191 Å². The predicted octanol–water partition coefficient (Wildman–Crippen LogP) is 14.3. The number of nitrogens with two attached hydrogens (primary N) is 4. The van der Waals surface area contributed by atoms with Crippen molar-refractivity contribution in [3.63, 3.8) is 0 Å². The molecule has 4 aromatic rings. The van der Waals surface area contributed by atoms with Crippen LogP contribution in [0.4, 0.5) is 0 Å². The fraction of sp³-hybridized carbons (Fsp3) is 0.708. The van der Waals surface area contributed by atoms with Crippen LogP contribution in [0.2, 0.25) is 0 Å². The first-order chi connectivity index (χ1) is 87.1. The molecule has 8 aliphatic rings. The zero-order valence-corrected chi connectivity index (χ0v) is 68.6. The zero-order chi connectivity index (χ0) is 157. The fourth-order valence-electron chi connectivity index (χ4n) is 10.9. The molecule has 8 N–H and O–H groups in total. The largest absolute Gasteiger partial charge is 0.493 e. The van der Waals surface area contributed by atoms with Gasteiger partial charge in [0.15, 0.2) is 46.0 Å². The number of rotatable bonds is 28. The number of carbonyl (C=O) groups excluding carboxylic acids is 4. The average Bonchev–Trinajstić information content (AvgIpc) is 0.534. The van der Waals surface area contributed by atoms with E-state index in [1.54, 1.807) is 0 Å². The summed E-state index contributed by atoms with van der Waals surface area (Å²) in [7, 11) is -1.12. The number of nitrogens with zero attached hydrogens (tertiary/aromatic N) is 4. The van der Waals surface area contributed by atoms with Crippen molar-refractivity contribution in [3.8, 4) is 46.0 Å². The topological polar surface area (TPSA) is 296 Å². The lowest BCUT2D eigenvalue weighted by molar-refractivity contribution is -0.161. The van der Waals surface area contributed by atoms with Crippen molar-refractivity contribution in [2.24, 2.45) is 93.8 Å². The van der Waals surface area contributed by atoms with Gasteiger partial charge in [0.1, 0.15) is 48.5 Å². The van der Waals surface area contributed by atoms with Crippen molar-refractivity contribution in [3.05, 3.63) is 92.8 Å². The van der Waals surface area contributed by atoms with E-state index in [0.717, 1.165) is 42.7 Å². The molecular weight excluding hydrogens is 1520 g/mol. The van der Waals surface area contributed by atoms with Crippen molar-refractivity contribution in [1.82, 2.24) is 19.6 Å². The van der Waals surface area contributed by atoms with Gasteiger partial charge in [0.05, 0.1) is 81.4 Å². The van der Waals surface area contributed by atoms with Crippen LogP contribution in [-0.2, 0) is 63.6 Å². The molecule has 672 valence electrons. The van der Waals surface area contributed by atoms with Crippen LogP contribution in [0, 0.1) is 70.8 Å². The maximum atomic E-state index is 13.4. The van der Waals surface area contributed by atoms with Crippen LogP contribution >= 0.6 is 0 Å². The van der Waals surface area contributed by atoms with E-state index in [0.29, 0.717) is 27.7 Å². The summed E-state index contributed by atoms with van der Waals surface area (Å²) in [6.45, 7) is -35.6. The first kappa shape index (κ1) is 35.7. The summed E-state index contributed by atoms with van der Waals surface area (Å²) in [5.41, 5.74) is 13.9. The van der Waals surface area contributed by atoms with Crippen LogP contribution in [0.5, 0.6) is 46.0 Å². The number of piperidine rings is 4. The molecule has 4 fully saturated rings. The molecule has 24 heteroatoms. The lowest BCUT2D eigenvalue weighted by Crippen LogP contribution is -2.51. The summed E-state index contributed by atoms with van der Waals surface area (Å²) in [6, 6.07) is -29.6. The summed E-state index contributed by atoms with van der Waals surface area (Å²) in [5, 5.41) is 0. The van der Waals surface area contributed by atoms with E-state index in [-0.39, 0.29) is 9.80 Å². The van der Waals surface area contributed by atoms with Gasteiger partial charge >= 0.3 is 23.9 Å². The molecule has 0 aliphatic carbocycles. The second kappa shape index (κ2) is 43.9. The SMILES string of the molecule is [2H]c1c(OC([2H])([2H])[2H])c(OC)c([2H])c2c1C([2H])([2H])C([2H])([2H])N1C([2H])([2H])C([2H])(C([2H])([2H])C([2H])(C)C([2H])([2H])[2H])C(OC(=O)[C@@H](N)C(C)C)C([2H])([2H])C21[2H].[2H]c1c(OC)c(OC([2H])([2H])[2H])c([2H])c2c1C1N(C([2H])([2H])C2([2H])[2H])C([2H])([2H])C([2H])(C([2H])([2H])C([2H])(C)C([2H])([2H])[2H])C([2H])(OC(=O)[C@@H](N)C(C)C)C1([2H])[2H].[2H]c1c(OC)c(OC)c([2H])c2c1C([2H])([2H])C([2H])([2H])N1C([2H])([2H])C([2H])(C([2H])([2H])C([2H])(C)C([2H])([2H])[2H])C(OC(=O)[C@@H](N)C(C)C)C([2H])([2H])C21[2H].[2H]c1c(OC)c(OC)c([2H])c2c1C1N(C([2H])([2H])C2([2H])[2H])C([2H])([2H])C([2H])(C([2H])([2H])C([2H])(C)C([2H])([2H])[2H])C([2H])(OC(=O)[C@@H](N)C(C)C)C1([2H])[2H]. The molecule has 16 unspecified atom stereocenters. The van der Waals surface area contributed by atoms with Crippen molar-refractivity contribution < 1.29 is 183 Å². The average molecular weight is 1750 g/mol. The molecule has 0 aromatic heterocycles. The Kier molecular flexibility index (Phi) is 13.1. The van der Waals surface area contributed by atoms with Crippen LogP contribution < -0.4 is 60.8 Å². The summed E-state index contributed by atoms with van der Waals surface area (Å²) in [6.07, 6.45) is -63.5. The van der Waals surface area contributed by atoms with Crippen molar-refractivity contribution in [2.45, 2.75) is 260 Å². The zero-order valence-electron chi connectivity index (χ0n) is 147. The van der Waals surface area contributed by atoms with Gasteiger partial charge in [-0.15, -0.1) is 0 Å². The third kappa shape index (κ3) is 23.8. The first-order valence-corrected chi connectivity index (χ1v) is 36.5. The highest BCUT2D eigenvalue weighted by Crippen LogP contribution is 2.50. The summed E-state index contributed by atoms with van der Waals surface area (Å²) in [5.74, 6) is -48.6. The molecule has 20 atom stereocenters. The number of methoxy groups -OCH3 is 8. The Balaban J connectivity index is 0.000000286. The van der Waals surface area contributed by atoms with Crippen LogP contribution in [-0.4, -0.2) is 201 Å². The molecule has 4 aromatic carbocycles. The Morgan fingerprint density at radius 1 is 0.383 bits per heavy atom. The normalized spacial score (nSPS) is 49.1. The monoisotopic (exact) mass is 1750 g/mol. The van der Waals surface area contributed by atoms with E-state index in [2.05, 4.69) is 0 Å². The van der Waals surface area contributed by atoms with Gasteiger partial charge < -0.3 is 79.8 Å². The van der Waals surface area contributed by atoms with E-state index < -0.39 is 486 Å². The minimum atomic E-state index is -4.55. The van der Waals surface area contributed by atoms with Crippen molar-refractivity contribution in [2.75, 3.05) is 109 Å². The Morgan fingerprint density at radius 3 is 0.917 bits per heavy atom. The molecular formula is C96H152N8O16. The van der Waals surface area contributed by atoms with Crippen molar-refractivity contribution in [1.29, 1.82) is 0 Å². The van der Waals surface area contributed by atoms with Gasteiger partial charge in [0.2, 0.25) is 0 Å². The van der Waals surface area contributed by atoms with Crippen LogP contribution in [0.15, 0.2) is 48.3 Å². The van der Waals surface area contributed by atoms with Gasteiger partial charge in [0, 0.05) is 207 Å². The molecule has 120 heavy (non-hydrogen) atoms. The minimum absolute atomic E-state index is 0.283. The van der Waals surface area contributed by atoms with Gasteiger partial charge in [-0.1, -0.05) is 110 Å². The molecule has 8 heterocycles. The highest BCUT2D eigenvalue weighted by Gasteiger charge is 2.47. The van der Waals surface area contributed by atoms with Crippen LogP contribution in [0.3, 0.4) is 0 Å². The van der Waals surface area contributed by atoms with Crippen molar-refractivity contribution >= 4 is 23.9 Å². The fourth-order valence-corrected chi connectivity index (χ4v) is 10.9. The number of ether oxygens (including phenoxy) is 12. The van der Waals surface area contributed by atoms with E-state index in [1.165, 1.54) is 55.4 Å². The standard InChI is InChI=1S/4C24H38N2O4/c4*1-14(2)9-17-13-26-8-7-16-10-21(28-5)22(29-6)11-18(16)19(26)12-20(17)30-24(27)23(25)15(3)4/h4*10-11,14-15,17,19-20,23H,7-9,12-13,25H2,1-6H3/t4*17?,19?,20?,23-/m0000/s1/i1D3,5D3,7D2,8D2,9D2,10D,11D,12D2,13D2,14D,17D,20D;1D3,5D3,7D2,8D2,9D2,10D,11D,12D2,13D2,14D,17D,19D;1D3,7D2,8D2,9D2,10D,11D,12D2,13D2,14D,17D,20D;1D3,7D2,8D2,9D2,10D,11D,12D2,13D2,14D,17D,19D/t4*14?,17?,19?,20?,23-. The second-order valence-electron chi connectivity index (χ2n) is 27.8. The highest BCUT2D eigenvalue weighted by atomic mass is 16.6. The van der Waals surface area contributed by atoms with E-state index in [9.17, 15) is 52.1 Å². The maximum Gasteiger partial charge on any atom is 0.323 e. The van der Waals surface area contributed by atoms with E-state index in [1.807, 2.05) is 0 Å². The Labute approximate surface area is 828 Å². The molecule has 0 bridgehead atoms. The Hall–Kier alpha value is -7.16. The first-order valence-electron chi connectivity index (χ1n) is 75.5. The van der Waals surface area contributed by atoms with E-state index >= 15 is 0 Å². The predicted molar refractivity (Wildman–Crippen MR) is 471 cm³/mol. The van der Waals surface area contributed by atoms with Crippen LogP contribution in [0.1, 0.15) is 337 Å². The molecule has 0 saturated carbocycles. The lowest BCUT2D eigenvalue weighted by Gasteiger charge is -2.47. The second-order valence-corrected chi connectivity index (χ2v) is 27.8. The highest BCUT2D eigenvalue weighted by molar-refractivity contribution is 5.77. The molecule has 0 amide bonds. The molecule has 8 aliphatic heterocycles. The van der Waals surface area contributed by atoms with Gasteiger partial charge in [0.25, 0.3) is 0 Å². The third-order valence-electron chi connectivity index (χ3n) is 17.5. The number of hydrogen-bond acceptors (Lipinski definition) is 24. The molecule has 12 rings (SSSR count). The molecule has 24 nitrogen and oxygen atoms in total. The summed E-state index contributed by atoms with van der Waals surface area (Å²) in [4.78, 5) is 51.8. The number of hydrogen-bond donors (Lipinski definition) is 4. The van der Waals surface area contributed by atoms with Gasteiger partial charge in [-0.3, -0.25) is 38.8 Å². The third-order valence-corrected chi connectivity index (χ3v) is 17.5. The smallest absolute Gasteiger partial charge is 0.323 e. The number of fused-ring (bicyclic) bond motifs is 12. The Morgan fingerprint density at radius 2 is 0.633 bits per heavy atom. The number of carbonyl (C=O) groups is 4. The summed E-state index contributed by atoms with van der Waals surface area (Å²) >= 11 is 0. The molecule has 4 saturated heterocycles. The number of benzene rings is 4. The van der Waals surface area contributed by atoms with Crippen LogP contribution in [0.25, 0.3) is 0 Å². The quantitative estimate of drug-likeness (QED) is 0.0303. The maximum absolute atomic E-state index is 13.4. The number of esters is 4. The lowest BCUT2D eigenvalue weighted by atomic mass is 9.79. The van der Waals surface area contributed by atoms with E-state index in [4.69, 9.17) is 154 Å². The minimum Gasteiger partial charge on any atom is -0.493 e. The van der Waals surface area contributed by atoms with Gasteiger partial charge in [-0.2, -0.15) is 0 Å². The van der Waals surface area contributed by atoms with Gasteiger partial charge in [-0.25, -0.2) is 0 Å².